The molecule has 124 valence electrons. The fourth-order valence-corrected chi connectivity index (χ4v) is 4.70. The molecule has 1 aliphatic rings. The predicted molar refractivity (Wildman–Crippen MR) is 101 cm³/mol. The van der Waals surface area contributed by atoms with E-state index in [0.717, 1.165) is 30.2 Å². The third-order valence-corrected chi connectivity index (χ3v) is 5.75. The number of fused-ring (bicyclic) bond motifs is 3. The molecule has 0 radical (unpaired) electrons. The maximum absolute atomic E-state index is 4.54. The molecule has 0 saturated heterocycles. The SMILES string of the molecule is CN(C)Cc1ccccc1CNc1ncnc2sc3c(c12)CCC3. The Morgan fingerprint density at radius 2 is 1.96 bits per heavy atom. The Hall–Kier alpha value is -1.98. The standard InChI is InChI=1S/C19H22N4S/c1-23(2)11-14-7-4-3-6-13(14)10-20-18-17-15-8-5-9-16(15)24-19(17)22-12-21-18/h3-4,6-7,12H,5,8-11H2,1-2H3,(H,20,21,22). The van der Waals surface area contributed by atoms with Crippen LogP contribution < -0.4 is 5.32 Å². The van der Waals surface area contributed by atoms with E-state index in [0.29, 0.717) is 0 Å². The summed E-state index contributed by atoms with van der Waals surface area (Å²) in [7, 11) is 4.21. The number of anilines is 1. The van der Waals surface area contributed by atoms with Crippen LogP contribution in [0.5, 0.6) is 0 Å². The van der Waals surface area contributed by atoms with Crippen molar-refractivity contribution in [3.05, 3.63) is 52.2 Å². The van der Waals surface area contributed by atoms with Gasteiger partial charge in [-0.1, -0.05) is 24.3 Å². The van der Waals surface area contributed by atoms with E-state index >= 15 is 0 Å². The lowest BCUT2D eigenvalue weighted by atomic mass is 10.1. The zero-order valence-electron chi connectivity index (χ0n) is 14.2. The van der Waals surface area contributed by atoms with Gasteiger partial charge in [-0.2, -0.15) is 0 Å². The van der Waals surface area contributed by atoms with E-state index in [2.05, 4.69) is 58.5 Å². The van der Waals surface area contributed by atoms with Crippen LogP contribution in [0, 0.1) is 0 Å². The minimum absolute atomic E-state index is 0.792. The summed E-state index contributed by atoms with van der Waals surface area (Å²) >= 11 is 1.84. The van der Waals surface area contributed by atoms with Crippen molar-refractivity contribution >= 4 is 27.4 Å². The van der Waals surface area contributed by atoms with Gasteiger partial charge in [-0.15, -0.1) is 11.3 Å². The Balaban J connectivity index is 1.62. The Morgan fingerprint density at radius 1 is 1.12 bits per heavy atom. The van der Waals surface area contributed by atoms with E-state index in [1.165, 1.54) is 39.8 Å². The van der Waals surface area contributed by atoms with Gasteiger partial charge in [-0.05, 0) is 50.0 Å². The molecule has 0 bridgehead atoms. The zero-order valence-corrected chi connectivity index (χ0v) is 15.0. The summed E-state index contributed by atoms with van der Waals surface area (Å²) in [5.41, 5.74) is 4.15. The number of aromatic nitrogens is 2. The van der Waals surface area contributed by atoms with Crippen LogP contribution in [0.4, 0.5) is 5.82 Å². The second-order valence-corrected chi connectivity index (χ2v) is 7.70. The summed E-state index contributed by atoms with van der Waals surface area (Å²) in [4.78, 5) is 13.8. The highest BCUT2D eigenvalue weighted by Gasteiger charge is 2.21. The van der Waals surface area contributed by atoms with Gasteiger partial charge in [0.2, 0.25) is 0 Å². The van der Waals surface area contributed by atoms with Gasteiger partial charge in [0, 0.05) is 18.0 Å². The van der Waals surface area contributed by atoms with Gasteiger partial charge >= 0.3 is 0 Å². The number of aryl methyl sites for hydroxylation is 2. The summed E-state index contributed by atoms with van der Waals surface area (Å²) in [6.45, 7) is 1.74. The lowest BCUT2D eigenvalue weighted by molar-refractivity contribution is 0.401. The summed E-state index contributed by atoms with van der Waals surface area (Å²) in [6.07, 6.45) is 5.30. The first-order valence-electron chi connectivity index (χ1n) is 8.43. The van der Waals surface area contributed by atoms with Gasteiger partial charge < -0.3 is 10.2 Å². The largest absolute Gasteiger partial charge is 0.365 e. The first kappa shape index (κ1) is 15.5. The lowest BCUT2D eigenvalue weighted by Crippen LogP contribution is -2.13. The van der Waals surface area contributed by atoms with Gasteiger partial charge in [0.25, 0.3) is 0 Å². The molecule has 24 heavy (non-hydrogen) atoms. The molecule has 1 aliphatic carbocycles. The van der Waals surface area contributed by atoms with E-state index in [1.54, 1.807) is 6.33 Å². The summed E-state index contributed by atoms with van der Waals surface area (Å²) in [5, 5.41) is 4.82. The number of hydrogen-bond acceptors (Lipinski definition) is 5. The monoisotopic (exact) mass is 338 g/mol. The molecule has 4 nitrogen and oxygen atoms in total. The van der Waals surface area contributed by atoms with Crippen molar-refractivity contribution in [1.29, 1.82) is 0 Å². The van der Waals surface area contributed by atoms with Gasteiger partial charge in [-0.25, -0.2) is 9.97 Å². The van der Waals surface area contributed by atoms with Gasteiger partial charge in [-0.3, -0.25) is 0 Å². The smallest absolute Gasteiger partial charge is 0.138 e. The van der Waals surface area contributed by atoms with Crippen LogP contribution in [-0.2, 0) is 25.9 Å². The van der Waals surface area contributed by atoms with Crippen LogP contribution in [0.25, 0.3) is 10.2 Å². The molecule has 0 spiro atoms. The molecule has 5 heteroatoms. The molecule has 1 aromatic carbocycles. The first-order chi connectivity index (χ1) is 11.7. The summed E-state index contributed by atoms with van der Waals surface area (Å²) in [5.74, 6) is 0.985. The molecule has 1 N–H and O–H groups in total. The van der Waals surface area contributed by atoms with E-state index in [-0.39, 0.29) is 0 Å². The zero-order chi connectivity index (χ0) is 16.5. The maximum atomic E-state index is 4.54. The highest BCUT2D eigenvalue weighted by Crippen LogP contribution is 2.39. The topological polar surface area (TPSA) is 41.0 Å². The van der Waals surface area contributed by atoms with E-state index in [4.69, 9.17) is 0 Å². The maximum Gasteiger partial charge on any atom is 0.138 e. The second-order valence-electron chi connectivity index (χ2n) is 6.62. The summed E-state index contributed by atoms with van der Waals surface area (Å²) in [6, 6.07) is 8.61. The highest BCUT2D eigenvalue weighted by atomic mass is 32.1. The van der Waals surface area contributed by atoms with Crippen molar-refractivity contribution in [3.63, 3.8) is 0 Å². The molecule has 4 rings (SSSR count). The minimum Gasteiger partial charge on any atom is -0.365 e. The van der Waals surface area contributed by atoms with Crippen LogP contribution >= 0.6 is 11.3 Å². The number of benzene rings is 1. The Kier molecular flexibility index (Phi) is 4.21. The van der Waals surface area contributed by atoms with Crippen LogP contribution in [0.15, 0.2) is 30.6 Å². The Bertz CT molecular complexity index is 869. The molecule has 2 aromatic heterocycles. The van der Waals surface area contributed by atoms with Crippen molar-refractivity contribution in [2.45, 2.75) is 32.4 Å². The molecular formula is C19H22N4S. The fraction of sp³-hybridized carbons (Fsp3) is 0.368. The lowest BCUT2D eigenvalue weighted by Gasteiger charge is -2.15. The average Bonchev–Trinajstić information content (AvgIpc) is 3.14. The van der Waals surface area contributed by atoms with Crippen LogP contribution in [0.2, 0.25) is 0 Å². The van der Waals surface area contributed by atoms with Crippen molar-refractivity contribution in [1.82, 2.24) is 14.9 Å². The molecule has 2 heterocycles. The van der Waals surface area contributed by atoms with Crippen molar-refractivity contribution in [2.75, 3.05) is 19.4 Å². The molecule has 0 saturated carbocycles. The van der Waals surface area contributed by atoms with Crippen molar-refractivity contribution < 1.29 is 0 Å². The fourth-order valence-electron chi connectivity index (χ4n) is 3.47. The molecular weight excluding hydrogens is 316 g/mol. The number of rotatable bonds is 5. The molecule has 0 amide bonds. The van der Waals surface area contributed by atoms with Crippen LogP contribution in [0.3, 0.4) is 0 Å². The minimum atomic E-state index is 0.792. The molecule has 0 unspecified atom stereocenters. The average molecular weight is 338 g/mol. The van der Waals surface area contributed by atoms with Crippen molar-refractivity contribution in [3.8, 4) is 0 Å². The first-order valence-corrected chi connectivity index (χ1v) is 9.24. The quantitative estimate of drug-likeness (QED) is 0.767. The molecule has 0 aliphatic heterocycles. The van der Waals surface area contributed by atoms with E-state index in [1.807, 2.05) is 11.3 Å². The van der Waals surface area contributed by atoms with E-state index in [9.17, 15) is 0 Å². The third kappa shape index (κ3) is 2.89. The van der Waals surface area contributed by atoms with Crippen molar-refractivity contribution in [2.24, 2.45) is 0 Å². The predicted octanol–water partition coefficient (Wildman–Crippen LogP) is 3.85. The van der Waals surface area contributed by atoms with E-state index < -0.39 is 0 Å². The molecule has 3 aromatic rings. The van der Waals surface area contributed by atoms with Gasteiger partial charge in [0.15, 0.2) is 0 Å². The molecule has 0 fully saturated rings. The van der Waals surface area contributed by atoms with Gasteiger partial charge in [0.05, 0.1) is 5.39 Å². The van der Waals surface area contributed by atoms with Crippen LogP contribution in [0.1, 0.15) is 28.0 Å². The number of nitrogens with one attached hydrogen (secondary N) is 1. The Labute approximate surface area is 146 Å². The normalized spacial score (nSPS) is 13.6. The number of hydrogen-bond donors (Lipinski definition) is 1. The number of nitrogens with zero attached hydrogens (tertiary/aromatic N) is 3. The van der Waals surface area contributed by atoms with Gasteiger partial charge in [0.1, 0.15) is 17.0 Å². The highest BCUT2D eigenvalue weighted by molar-refractivity contribution is 7.19. The third-order valence-electron chi connectivity index (χ3n) is 4.55. The molecule has 0 atom stereocenters. The Morgan fingerprint density at radius 3 is 2.79 bits per heavy atom. The summed E-state index contributed by atoms with van der Waals surface area (Å²) < 4.78 is 0. The number of thiophene rings is 1. The van der Waals surface area contributed by atoms with Crippen LogP contribution in [-0.4, -0.2) is 29.0 Å². The second kappa shape index (κ2) is 6.49.